The highest BCUT2D eigenvalue weighted by Crippen LogP contribution is 2.65. The number of ether oxygens (including phenoxy) is 6. The molecule has 42 heavy (non-hydrogen) atoms. The molecule has 0 aromatic carbocycles. The van der Waals surface area contributed by atoms with Crippen molar-refractivity contribution in [1.82, 2.24) is 0 Å². The van der Waals surface area contributed by atoms with Crippen LogP contribution in [-0.2, 0) is 57.2 Å². The molecule has 0 amide bonds. The molecule has 0 radical (unpaired) electrons. The van der Waals surface area contributed by atoms with E-state index in [4.69, 9.17) is 28.4 Å². The zero-order chi connectivity index (χ0) is 31.5. The molecule has 2 fully saturated rings. The fourth-order valence-corrected chi connectivity index (χ4v) is 7.79. The van der Waals surface area contributed by atoms with E-state index < -0.39 is 88.7 Å². The monoisotopic (exact) mass is 590 g/mol. The van der Waals surface area contributed by atoms with Gasteiger partial charge in [0.15, 0.2) is 23.9 Å². The predicted molar refractivity (Wildman–Crippen MR) is 142 cm³/mol. The SMILES string of the molecule is CC(=O)O[C@H]1C[C@@]2(OC(C)=O)[C@H]3OC(=O)C4=CC[C@H](OC(C)=O)[C@@](C)([C@@H](OC(C)=O)[C@H](OC(C)=O)C(=C1C)C2(C)C)[C@@H]43. The lowest BCUT2D eigenvalue weighted by Crippen LogP contribution is -2.72. The first-order chi connectivity index (χ1) is 19.4. The van der Waals surface area contributed by atoms with Crippen molar-refractivity contribution in [1.29, 1.82) is 0 Å². The lowest BCUT2D eigenvalue weighted by Gasteiger charge is -2.61. The Balaban J connectivity index is 2.19. The van der Waals surface area contributed by atoms with Gasteiger partial charge in [-0.2, -0.15) is 0 Å². The molecule has 1 aliphatic heterocycles. The Labute approximate surface area is 244 Å². The molecule has 230 valence electrons. The van der Waals surface area contributed by atoms with Crippen LogP contribution in [0.5, 0.6) is 0 Å². The van der Waals surface area contributed by atoms with Gasteiger partial charge in [-0.25, -0.2) is 4.79 Å². The van der Waals surface area contributed by atoms with Crippen molar-refractivity contribution in [3.63, 3.8) is 0 Å². The molecule has 4 rings (SSSR count). The minimum Gasteiger partial charge on any atom is -0.461 e. The van der Waals surface area contributed by atoms with Gasteiger partial charge in [0.05, 0.1) is 5.41 Å². The van der Waals surface area contributed by atoms with Crippen LogP contribution in [0.25, 0.3) is 0 Å². The van der Waals surface area contributed by atoms with Crippen molar-refractivity contribution < 1.29 is 57.2 Å². The van der Waals surface area contributed by atoms with Crippen LogP contribution in [0.4, 0.5) is 0 Å². The molecule has 4 aliphatic rings. The summed E-state index contributed by atoms with van der Waals surface area (Å²) >= 11 is 0. The van der Waals surface area contributed by atoms with Gasteiger partial charge < -0.3 is 28.4 Å². The molecule has 3 aliphatic carbocycles. The summed E-state index contributed by atoms with van der Waals surface area (Å²) in [5, 5.41) is 0. The molecular formula is C30H38O12. The molecule has 0 aromatic heterocycles. The van der Waals surface area contributed by atoms with Gasteiger partial charge in [-0.15, -0.1) is 0 Å². The van der Waals surface area contributed by atoms with Gasteiger partial charge in [0.25, 0.3) is 0 Å². The molecular weight excluding hydrogens is 552 g/mol. The van der Waals surface area contributed by atoms with Gasteiger partial charge in [-0.3, -0.25) is 24.0 Å². The van der Waals surface area contributed by atoms with E-state index in [0.717, 1.165) is 0 Å². The van der Waals surface area contributed by atoms with E-state index in [1.807, 2.05) is 0 Å². The largest absolute Gasteiger partial charge is 0.461 e. The summed E-state index contributed by atoms with van der Waals surface area (Å²) in [5.74, 6) is -5.00. The zero-order valence-corrected chi connectivity index (χ0v) is 25.4. The third-order valence-electron chi connectivity index (χ3n) is 9.31. The number of fused-ring (bicyclic) bond motifs is 3. The fourth-order valence-electron chi connectivity index (χ4n) is 7.79. The molecule has 0 spiro atoms. The third kappa shape index (κ3) is 4.68. The second-order valence-electron chi connectivity index (χ2n) is 12.2. The zero-order valence-electron chi connectivity index (χ0n) is 25.4. The normalized spacial score (nSPS) is 36.2. The number of rotatable bonds is 5. The molecule has 1 heterocycles. The summed E-state index contributed by atoms with van der Waals surface area (Å²) in [4.78, 5) is 76.5. The molecule has 12 heteroatoms. The van der Waals surface area contributed by atoms with E-state index in [2.05, 4.69) is 0 Å². The first-order valence-electron chi connectivity index (χ1n) is 13.9. The lowest BCUT2D eigenvalue weighted by atomic mass is 9.48. The van der Waals surface area contributed by atoms with E-state index in [0.29, 0.717) is 11.1 Å². The molecule has 2 bridgehead atoms. The third-order valence-corrected chi connectivity index (χ3v) is 9.31. The van der Waals surface area contributed by atoms with Crippen LogP contribution in [0.1, 0.15) is 75.2 Å². The second kappa shape index (κ2) is 10.5. The van der Waals surface area contributed by atoms with E-state index in [9.17, 15) is 28.8 Å². The number of carbonyl (C=O) groups is 6. The highest BCUT2D eigenvalue weighted by Gasteiger charge is 2.75. The molecule has 12 nitrogen and oxygen atoms in total. The lowest BCUT2D eigenvalue weighted by molar-refractivity contribution is -0.248. The smallest absolute Gasteiger partial charge is 0.334 e. The second-order valence-corrected chi connectivity index (χ2v) is 12.2. The van der Waals surface area contributed by atoms with Crippen molar-refractivity contribution in [2.45, 2.75) is 111 Å². The number of esters is 6. The first kappa shape index (κ1) is 31.2. The van der Waals surface area contributed by atoms with Gasteiger partial charge in [-0.05, 0) is 18.1 Å². The molecule has 1 saturated heterocycles. The van der Waals surface area contributed by atoms with Crippen LogP contribution in [0.2, 0.25) is 0 Å². The Bertz CT molecular complexity index is 1310. The van der Waals surface area contributed by atoms with Crippen LogP contribution in [0.3, 0.4) is 0 Å². The van der Waals surface area contributed by atoms with Crippen molar-refractivity contribution in [2.75, 3.05) is 0 Å². The Morgan fingerprint density at radius 2 is 1.40 bits per heavy atom. The highest BCUT2D eigenvalue weighted by atomic mass is 16.6. The Kier molecular flexibility index (Phi) is 7.84. The van der Waals surface area contributed by atoms with Crippen LogP contribution >= 0.6 is 0 Å². The standard InChI is InChI=1S/C30H38O12/c1-13-20(37-14(2)31)12-30(42-18(6)35)25-23-19(27(36)41-25)10-11-21(38-15(3)32)29(23,9)26(40-17(5)34)24(39-16(4)33)22(13)28(30,7)8/h10,20-21,23-26H,11-12H2,1-9H3/t20-,21-,23-,24+,25-,26-,29+,30+/m0/s1. The number of carbonyl (C=O) groups excluding carboxylic acids is 6. The van der Waals surface area contributed by atoms with Gasteiger partial charge in [-0.1, -0.05) is 26.8 Å². The summed E-state index contributed by atoms with van der Waals surface area (Å²) < 4.78 is 35.8. The van der Waals surface area contributed by atoms with Crippen molar-refractivity contribution >= 4 is 35.8 Å². The topological polar surface area (TPSA) is 158 Å². The van der Waals surface area contributed by atoms with Gasteiger partial charge in [0, 0.05) is 64.4 Å². The molecule has 0 aromatic rings. The summed E-state index contributed by atoms with van der Waals surface area (Å²) in [7, 11) is 0. The van der Waals surface area contributed by atoms with Crippen molar-refractivity contribution in [3.8, 4) is 0 Å². The molecule has 1 saturated carbocycles. The maximum absolute atomic E-state index is 13.5. The maximum Gasteiger partial charge on any atom is 0.334 e. The molecule has 0 unspecified atom stereocenters. The van der Waals surface area contributed by atoms with E-state index >= 15 is 0 Å². The average Bonchev–Trinajstić information content (AvgIpc) is 3.18. The predicted octanol–water partition coefficient (Wildman–Crippen LogP) is 2.65. The fraction of sp³-hybridized carbons (Fsp3) is 0.667. The minimum atomic E-state index is -1.66. The first-order valence-corrected chi connectivity index (χ1v) is 13.9. The van der Waals surface area contributed by atoms with Gasteiger partial charge in [0.2, 0.25) is 0 Å². The summed E-state index contributed by atoms with van der Waals surface area (Å²) in [6.07, 6.45) is -4.19. The summed E-state index contributed by atoms with van der Waals surface area (Å²) in [6.45, 7) is 13.0. The Morgan fingerprint density at radius 1 is 0.833 bits per heavy atom. The Morgan fingerprint density at radius 3 is 1.93 bits per heavy atom. The summed E-state index contributed by atoms with van der Waals surface area (Å²) in [5.41, 5.74) is -3.26. The molecule has 8 atom stereocenters. The summed E-state index contributed by atoms with van der Waals surface area (Å²) in [6, 6.07) is 0. The maximum atomic E-state index is 13.5. The van der Waals surface area contributed by atoms with Crippen LogP contribution < -0.4 is 0 Å². The van der Waals surface area contributed by atoms with Crippen LogP contribution in [-0.4, -0.2) is 71.9 Å². The number of hydrogen-bond acceptors (Lipinski definition) is 12. The molecule has 0 N–H and O–H groups in total. The van der Waals surface area contributed by atoms with Crippen molar-refractivity contribution in [3.05, 3.63) is 22.8 Å². The van der Waals surface area contributed by atoms with Gasteiger partial charge >= 0.3 is 35.8 Å². The average molecular weight is 591 g/mol. The van der Waals surface area contributed by atoms with E-state index in [1.165, 1.54) is 34.6 Å². The van der Waals surface area contributed by atoms with E-state index in [-0.39, 0.29) is 18.4 Å². The quantitative estimate of drug-likeness (QED) is 0.262. The van der Waals surface area contributed by atoms with Crippen LogP contribution in [0.15, 0.2) is 22.8 Å². The van der Waals surface area contributed by atoms with E-state index in [1.54, 1.807) is 33.8 Å². The van der Waals surface area contributed by atoms with Crippen LogP contribution in [0, 0.1) is 16.7 Å². The highest BCUT2D eigenvalue weighted by molar-refractivity contribution is 5.92. The Hall–Kier alpha value is -3.70. The minimum absolute atomic E-state index is 0.0757. The van der Waals surface area contributed by atoms with Crippen molar-refractivity contribution in [2.24, 2.45) is 16.7 Å². The number of hydrogen-bond donors (Lipinski definition) is 0. The van der Waals surface area contributed by atoms with Gasteiger partial charge in [0.1, 0.15) is 12.2 Å².